The molecule has 6 nitrogen and oxygen atoms in total. The molecule has 6 heteroatoms. The number of amides is 2. The molecule has 2 fully saturated rings. The van der Waals surface area contributed by atoms with Crippen LogP contribution in [-0.2, 0) is 27.4 Å². The maximum atomic E-state index is 13.5. The molecule has 0 spiro atoms. The van der Waals surface area contributed by atoms with Crippen LogP contribution in [0.5, 0.6) is 0 Å². The third kappa shape index (κ3) is 6.47. The Labute approximate surface area is 197 Å². The molecule has 2 aliphatic carbocycles. The Hall–Kier alpha value is -2.60. The Morgan fingerprint density at radius 3 is 2.45 bits per heavy atom. The van der Waals surface area contributed by atoms with Crippen LogP contribution in [0.1, 0.15) is 56.2 Å². The van der Waals surface area contributed by atoms with Crippen molar-refractivity contribution in [3.05, 3.63) is 59.9 Å². The second kappa shape index (κ2) is 11.5. The number of nitrogens with zero attached hydrogens (tertiary/aromatic N) is 3. The van der Waals surface area contributed by atoms with E-state index >= 15 is 0 Å². The van der Waals surface area contributed by atoms with E-state index in [9.17, 15) is 9.59 Å². The van der Waals surface area contributed by atoms with Gasteiger partial charge in [-0.1, -0.05) is 49.6 Å². The van der Waals surface area contributed by atoms with Gasteiger partial charge in [0.25, 0.3) is 0 Å². The van der Waals surface area contributed by atoms with E-state index in [1.807, 2.05) is 17.0 Å². The Morgan fingerprint density at radius 1 is 1.00 bits per heavy atom. The van der Waals surface area contributed by atoms with Crippen LogP contribution in [0.3, 0.4) is 0 Å². The van der Waals surface area contributed by atoms with E-state index in [4.69, 9.17) is 4.74 Å². The molecule has 0 saturated heterocycles. The molecule has 4 rings (SSSR count). The van der Waals surface area contributed by atoms with Crippen LogP contribution in [0.15, 0.2) is 48.7 Å². The molecule has 2 aromatic rings. The molecule has 0 unspecified atom stereocenters. The van der Waals surface area contributed by atoms with E-state index in [-0.39, 0.29) is 30.3 Å². The van der Waals surface area contributed by atoms with Crippen molar-refractivity contribution >= 4 is 11.8 Å². The minimum Gasteiger partial charge on any atom is -0.383 e. The maximum Gasteiger partial charge on any atom is 0.242 e. The topological polar surface area (TPSA) is 54.8 Å². The minimum absolute atomic E-state index is 0.0465. The van der Waals surface area contributed by atoms with Crippen LogP contribution in [0.2, 0.25) is 0 Å². The van der Waals surface area contributed by atoms with E-state index < -0.39 is 0 Å². The van der Waals surface area contributed by atoms with Crippen molar-refractivity contribution in [2.75, 3.05) is 26.8 Å². The smallest absolute Gasteiger partial charge is 0.242 e. The van der Waals surface area contributed by atoms with Gasteiger partial charge >= 0.3 is 0 Å². The fourth-order valence-electron chi connectivity index (χ4n) is 4.84. The zero-order valence-electron chi connectivity index (χ0n) is 19.8. The van der Waals surface area contributed by atoms with Gasteiger partial charge in [0, 0.05) is 44.0 Å². The normalized spacial score (nSPS) is 16.5. The standard InChI is InChI=1S/C27H37N3O3/c1-33-18-17-29(27(32)23-11-6-3-7-12-23)21-26(31)30(24-14-15-24)20-25-13-8-16-28(25)19-22-9-4-2-5-10-22/h2,4-5,8-10,13,16,23-24H,3,6-7,11-12,14-15,17-21H2,1H3. The predicted molar refractivity (Wildman–Crippen MR) is 129 cm³/mol. The van der Waals surface area contributed by atoms with Gasteiger partial charge < -0.3 is 19.1 Å². The van der Waals surface area contributed by atoms with Crippen LogP contribution in [0.25, 0.3) is 0 Å². The first kappa shape index (κ1) is 23.6. The number of benzene rings is 1. The molecule has 0 bridgehead atoms. The first-order valence-electron chi connectivity index (χ1n) is 12.4. The fraction of sp³-hybridized carbons (Fsp3) is 0.556. The lowest BCUT2D eigenvalue weighted by molar-refractivity contribution is -0.144. The Balaban J connectivity index is 1.43. The lowest BCUT2D eigenvalue weighted by Crippen LogP contribution is -2.47. The highest BCUT2D eigenvalue weighted by molar-refractivity contribution is 5.86. The second-order valence-corrected chi connectivity index (χ2v) is 9.45. The third-order valence-corrected chi connectivity index (χ3v) is 6.92. The highest BCUT2D eigenvalue weighted by Gasteiger charge is 2.35. The molecule has 0 N–H and O–H groups in total. The Morgan fingerprint density at radius 2 is 1.76 bits per heavy atom. The third-order valence-electron chi connectivity index (χ3n) is 6.92. The summed E-state index contributed by atoms with van der Waals surface area (Å²) < 4.78 is 7.46. The summed E-state index contributed by atoms with van der Waals surface area (Å²) in [7, 11) is 1.64. The highest BCUT2D eigenvalue weighted by Crippen LogP contribution is 2.30. The van der Waals surface area contributed by atoms with Crippen molar-refractivity contribution in [1.82, 2.24) is 14.4 Å². The van der Waals surface area contributed by atoms with E-state index in [1.54, 1.807) is 12.0 Å². The van der Waals surface area contributed by atoms with Crippen LogP contribution in [-0.4, -0.2) is 59.0 Å². The van der Waals surface area contributed by atoms with Gasteiger partial charge in [0.1, 0.15) is 0 Å². The van der Waals surface area contributed by atoms with Gasteiger partial charge in [0.2, 0.25) is 11.8 Å². The van der Waals surface area contributed by atoms with Gasteiger partial charge in [-0.05, 0) is 43.4 Å². The summed E-state index contributed by atoms with van der Waals surface area (Å²) in [6, 6.07) is 14.8. The van der Waals surface area contributed by atoms with Crippen LogP contribution < -0.4 is 0 Å². The van der Waals surface area contributed by atoms with Gasteiger partial charge in [-0.25, -0.2) is 0 Å². The minimum atomic E-state index is 0.0465. The lowest BCUT2D eigenvalue weighted by atomic mass is 9.88. The number of methoxy groups -OCH3 is 1. The summed E-state index contributed by atoms with van der Waals surface area (Å²) in [6.07, 6.45) is 9.46. The first-order chi connectivity index (χ1) is 16.2. The maximum absolute atomic E-state index is 13.5. The van der Waals surface area contributed by atoms with Crippen molar-refractivity contribution in [2.45, 2.75) is 64.1 Å². The summed E-state index contributed by atoms with van der Waals surface area (Å²) >= 11 is 0. The molecular weight excluding hydrogens is 414 g/mol. The number of hydrogen-bond donors (Lipinski definition) is 0. The Bertz CT molecular complexity index is 900. The van der Waals surface area contributed by atoms with Gasteiger partial charge in [0.05, 0.1) is 19.7 Å². The number of hydrogen-bond acceptors (Lipinski definition) is 3. The number of carbonyl (C=O) groups is 2. The number of rotatable bonds is 11. The number of ether oxygens (including phenoxy) is 1. The molecule has 2 aliphatic rings. The monoisotopic (exact) mass is 451 g/mol. The molecule has 1 aromatic carbocycles. The van der Waals surface area contributed by atoms with Crippen molar-refractivity contribution in [3.8, 4) is 0 Å². The first-order valence-corrected chi connectivity index (χ1v) is 12.4. The van der Waals surface area contributed by atoms with Gasteiger partial charge in [0.15, 0.2) is 0 Å². The molecule has 178 valence electrons. The summed E-state index contributed by atoms with van der Waals surface area (Å²) in [6.45, 7) is 2.44. The van der Waals surface area contributed by atoms with Crippen LogP contribution >= 0.6 is 0 Å². The molecule has 0 aliphatic heterocycles. The van der Waals surface area contributed by atoms with Crippen molar-refractivity contribution in [1.29, 1.82) is 0 Å². The largest absolute Gasteiger partial charge is 0.383 e. The second-order valence-electron chi connectivity index (χ2n) is 9.45. The fourth-order valence-corrected chi connectivity index (χ4v) is 4.84. The summed E-state index contributed by atoms with van der Waals surface area (Å²) in [5.74, 6) is 0.231. The molecule has 0 radical (unpaired) electrons. The van der Waals surface area contributed by atoms with Crippen LogP contribution in [0.4, 0.5) is 0 Å². The number of aromatic nitrogens is 1. The van der Waals surface area contributed by atoms with E-state index in [2.05, 4.69) is 41.1 Å². The number of carbonyl (C=O) groups excluding carboxylic acids is 2. The average molecular weight is 452 g/mol. The van der Waals surface area contributed by atoms with Gasteiger partial charge in [-0.15, -0.1) is 0 Å². The molecule has 2 saturated carbocycles. The molecule has 2 amide bonds. The Kier molecular flexibility index (Phi) is 8.21. The van der Waals surface area contributed by atoms with Crippen molar-refractivity contribution < 1.29 is 14.3 Å². The lowest BCUT2D eigenvalue weighted by Gasteiger charge is -2.31. The highest BCUT2D eigenvalue weighted by atomic mass is 16.5. The van der Waals surface area contributed by atoms with Crippen molar-refractivity contribution in [2.24, 2.45) is 5.92 Å². The molecule has 1 heterocycles. The predicted octanol–water partition coefficient (Wildman–Crippen LogP) is 4.08. The molecule has 33 heavy (non-hydrogen) atoms. The quantitative estimate of drug-likeness (QED) is 0.517. The zero-order chi connectivity index (χ0) is 23.0. The summed E-state index contributed by atoms with van der Waals surface area (Å²) in [5, 5.41) is 0. The zero-order valence-corrected chi connectivity index (χ0v) is 19.8. The molecular formula is C27H37N3O3. The van der Waals surface area contributed by atoms with Gasteiger partial charge in [-0.2, -0.15) is 0 Å². The average Bonchev–Trinajstić information content (AvgIpc) is 3.60. The molecule has 1 aromatic heterocycles. The van der Waals surface area contributed by atoms with E-state index in [0.717, 1.165) is 50.8 Å². The van der Waals surface area contributed by atoms with Gasteiger partial charge in [-0.3, -0.25) is 9.59 Å². The molecule has 0 atom stereocenters. The van der Waals surface area contributed by atoms with Crippen LogP contribution in [0, 0.1) is 5.92 Å². The SMILES string of the molecule is COCCN(CC(=O)N(Cc1cccn1Cc1ccccc1)C1CC1)C(=O)C1CCCCC1. The summed E-state index contributed by atoms with van der Waals surface area (Å²) in [5.41, 5.74) is 2.37. The van der Waals surface area contributed by atoms with E-state index in [0.29, 0.717) is 19.7 Å². The van der Waals surface area contributed by atoms with E-state index in [1.165, 1.54) is 12.0 Å². The summed E-state index contributed by atoms with van der Waals surface area (Å²) in [4.78, 5) is 30.4. The van der Waals surface area contributed by atoms with Crippen molar-refractivity contribution in [3.63, 3.8) is 0 Å².